The minimum absolute atomic E-state index is 0.0378. The molecule has 2 aromatic rings. The zero-order chi connectivity index (χ0) is 19.7. The average molecular weight is 398 g/mol. The normalized spacial score (nSPS) is 15.7. The molecule has 1 N–H and O–H groups in total. The highest BCUT2D eigenvalue weighted by molar-refractivity contribution is 7.89. The van der Waals surface area contributed by atoms with Crippen LogP contribution in [0.5, 0.6) is 0 Å². The van der Waals surface area contributed by atoms with E-state index >= 15 is 0 Å². The van der Waals surface area contributed by atoms with Crippen molar-refractivity contribution < 1.29 is 26.4 Å². The van der Waals surface area contributed by atoms with Gasteiger partial charge in [0, 0.05) is 24.3 Å². The van der Waals surface area contributed by atoms with E-state index in [-0.39, 0.29) is 16.1 Å². The summed E-state index contributed by atoms with van der Waals surface area (Å²) in [7, 11) is -3.63. The summed E-state index contributed by atoms with van der Waals surface area (Å²) in [5, 5.41) is 2.52. The van der Waals surface area contributed by atoms with Crippen molar-refractivity contribution in [2.75, 3.05) is 18.4 Å². The second-order valence-electron chi connectivity index (χ2n) is 6.17. The van der Waals surface area contributed by atoms with E-state index in [1.807, 2.05) is 0 Å². The fourth-order valence-corrected chi connectivity index (χ4v) is 4.39. The molecule has 27 heavy (non-hydrogen) atoms. The first-order valence-corrected chi connectivity index (χ1v) is 9.71. The van der Waals surface area contributed by atoms with E-state index in [0.29, 0.717) is 13.1 Å². The highest BCUT2D eigenvalue weighted by Crippen LogP contribution is 2.29. The minimum Gasteiger partial charge on any atom is -0.322 e. The van der Waals surface area contributed by atoms with Crippen molar-refractivity contribution in [1.82, 2.24) is 4.31 Å². The molecule has 2 aromatic carbocycles. The number of nitrogens with one attached hydrogen (secondary N) is 1. The molecule has 144 valence electrons. The van der Waals surface area contributed by atoms with E-state index in [1.54, 1.807) is 0 Å². The van der Waals surface area contributed by atoms with Gasteiger partial charge in [-0.25, -0.2) is 8.42 Å². The molecule has 0 saturated carbocycles. The van der Waals surface area contributed by atoms with Crippen LogP contribution in [0.15, 0.2) is 53.4 Å². The maximum absolute atomic E-state index is 12.6. The molecule has 0 radical (unpaired) electrons. The quantitative estimate of drug-likeness (QED) is 0.853. The Morgan fingerprint density at radius 1 is 1.00 bits per heavy atom. The van der Waals surface area contributed by atoms with Gasteiger partial charge in [0.05, 0.1) is 10.5 Å². The molecule has 0 bridgehead atoms. The van der Waals surface area contributed by atoms with Gasteiger partial charge in [-0.3, -0.25) is 4.79 Å². The molecule has 0 aliphatic carbocycles. The second-order valence-corrected chi connectivity index (χ2v) is 8.11. The number of alkyl halides is 3. The first-order valence-electron chi connectivity index (χ1n) is 8.27. The van der Waals surface area contributed by atoms with Gasteiger partial charge in [0.2, 0.25) is 10.0 Å². The average Bonchev–Trinajstić information content (AvgIpc) is 3.17. The number of sulfonamides is 1. The van der Waals surface area contributed by atoms with Crippen LogP contribution >= 0.6 is 0 Å². The van der Waals surface area contributed by atoms with Crippen LogP contribution in [0.2, 0.25) is 0 Å². The van der Waals surface area contributed by atoms with Gasteiger partial charge in [-0.2, -0.15) is 17.5 Å². The predicted molar refractivity (Wildman–Crippen MR) is 93.8 cm³/mol. The number of halogens is 3. The summed E-state index contributed by atoms with van der Waals surface area (Å²) in [5.41, 5.74) is -0.561. The van der Waals surface area contributed by atoms with Crippen LogP contribution in [-0.2, 0) is 16.2 Å². The predicted octanol–water partition coefficient (Wildman–Crippen LogP) is 3.74. The molecule has 5 nitrogen and oxygen atoms in total. The third-order valence-electron chi connectivity index (χ3n) is 4.27. The largest absolute Gasteiger partial charge is 0.416 e. The summed E-state index contributed by atoms with van der Waals surface area (Å²) >= 11 is 0. The van der Waals surface area contributed by atoms with Gasteiger partial charge in [0.25, 0.3) is 5.91 Å². The first-order chi connectivity index (χ1) is 12.7. The number of anilines is 1. The van der Waals surface area contributed by atoms with Crippen molar-refractivity contribution in [1.29, 1.82) is 0 Å². The number of rotatable bonds is 4. The number of carbonyl (C=O) groups is 1. The zero-order valence-electron chi connectivity index (χ0n) is 14.2. The second kappa shape index (κ2) is 7.32. The summed E-state index contributed by atoms with van der Waals surface area (Å²) in [5.74, 6) is -0.626. The van der Waals surface area contributed by atoms with Crippen LogP contribution in [0.25, 0.3) is 0 Å². The third-order valence-corrected chi connectivity index (χ3v) is 6.16. The van der Waals surface area contributed by atoms with Crippen LogP contribution in [0.3, 0.4) is 0 Å². The summed E-state index contributed by atoms with van der Waals surface area (Å²) in [4.78, 5) is 12.3. The Hall–Kier alpha value is -2.39. The van der Waals surface area contributed by atoms with Crippen molar-refractivity contribution in [2.24, 2.45) is 0 Å². The molecule has 1 saturated heterocycles. The Labute approximate surface area is 154 Å². The molecule has 1 amide bonds. The van der Waals surface area contributed by atoms with Crippen LogP contribution in [0.1, 0.15) is 28.8 Å². The molecule has 1 fully saturated rings. The number of nitrogens with zero attached hydrogens (tertiary/aromatic N) is 1. The molecular formula is C18H17F3N2O3S. The fourth-order valence-electron chi connectivity index (χ4n) is 2.83. The Bertz CT molecular complexity index is 935. The molecule has 9 heteroatoms. The van der Waals surface area contributed by atoms with Crippen LogP contribution in [0, 0.1) is 0 Å². The topological polar surface area (TPSA) is 66.5 Å². The highest BCUT2D eigenvalue weighted by atomic mass is 32.2. The molecule has 1 aliphatic rings. The lowest BCUT2D eigenvalue weighted by Gasteiger charge is -2.16. The van der Waals surface area contributed by atoms with Gasteiger partial charge in [-0.15, -0.1) is 0 Å². The molecule has 0 spiro atoms. The highest BCUT2D eigenvalue weighted by Gasteiger charge is 2.30. The fraction of sp³-hybridized carbons (Fsp3) is 0.278. The van der Waals surface area contributed by atoms with Crippen molar-refractivity contribution >= 4 is 21.6 Å². The summed E-state index contributed by atoms with van der Waals surface area (Å²) in [6.45, 7) is 0.926. The first kappa shape index (κ1) is 19.4. The van der Waals surface area contributed by atoms with Crippen molar-refractivity contribution in [3.63, 3.8) is 0 Å². The van der Waals surface area contributed by atoms with E-state index in [1.165, 1.54) is 28.6 Å². The molecule has 1 aliphatic heterocycles. The number of hydrogen-bond acceptors (Lipinski definition) is 3. The van der Waals surface area contributed by atoms with Gasteiger partial charge in [-0.05, 0) is 55.3 Å². The van der Waals surface area contributed by atoms with Crippen LogP contribution in [-0.4, -0.2) is 31.7 Å². The lowest BCUT2D eigenvalue weighted by atomic mass is 10.1. The zero-order valence-corrected chi connectivity index (χ0v) is 15.0. The van der Waals surface area contributed by atoms with E-state index in [2.05, 4.69) is 5.32 Å². The molecular weight excluding hydrogens is 381 g/mol. The lowest BCUT2D eigenvalue weighted by Crippen LogP contribution is -2.27. The van der Waals surface area contributed by atoms with E-state index in [4.69, 9.17) is 0 Å². The van der Waals surface area contributed by atoms with Crippen molar-refractivity contribution in [2.45, 2.75) is 23.9 Å². The lowest BCUT2D eigenvalue weighted by molar-refractivity contribution is -0.137. The SMILES string of the molecule is O=C(Nc1cccc(S(=O)(=O)N2CCCC2)c1)c1ccc(C(F)(F)F)cc1. The molecule has 0 atom stereocenters. The van der Waals surface area contributed by atoms with E-state index in [9.17, 15) is 26.4 Å². The Morgan fingerprint density at radius 2 is 1.63 bits per heavy atom. The number of amides is 1. The minimum atomic E-state index is -4.48. The number of carbonyl (C=O) groups excluding carboxylic acids is 1. The third kappa shape index (κ3) is 4.30. The van der Waals surface area contributed by atoms with Gasteiger partial charge in [0.1, 0.15) is 0 Å². The number of hydrogen-bond donors (Lipinski definition) is 1. The van der Waals surface area contributed by atoms with Crippen LogP contribution in [0.4, 0.5) is 18.9 Å². The van der Waals surface area contributed by atoms with Gasteiger partial charge < -0.3 is 5.32 Å². The molecule has 1 heterocycles. The van der Waals surface area contributed by atoms with Gasteiger partial charge >= 0.3 is 6.18 Å². The van der Waals surface area contributed by atoms with Crippen molar-refractivity contribution in [3.8, 4) is 0 Å². The standard InChI is InChI=1S/C18H17F3N2O3S/c19-18(20,21)14-8-6-13(7-9-14)17(24)22-15-4-3-5-16(12-15)27(25,26)23-10-1-2-11-23/h3-9,12H,1-2,10-11H2,(H,22,24). The molecule has 3 rings (SSSR count). The maximum atomic E-state index is 12.6. The monoisotopic (exact) mass is 398 g/mol. The molecule has 0 unspecified atom stereocenters. The maximum Gasteiger partial charge on any atom is 0.416 e. The van der Waals surface area contributed by atoms with Gasteiger partial charge in [-0.1, -0.05) is 6.07 Å². The van der Waals surface area contributed by atoms with E-state index in [0.717, 1.165) is 37.1 Å². The summed E-state index contributed by atoms with van der Waals surface area (Å²) in [6, 6.07) is 9.60. The Kier molecular flexibility index (Phi) is 5.25. The van der Waals surface area contributed by atoms with E-state index < -0.39 is 27.7 Å². The van der Waals surface area contributed by atoms with Gasteiger partial charge in [0.15, 0.2) is 0 Å². The van der Waals surface area contributed by atoms with Crippen molar-refractivity contribution in [3.05, 3.63) is 59.7 Å². The number of benzene rings is 2. The Balaban J connectivity index is 1.77. The van der Waals surface area contributed by atoms with Crippen LogP contribution < -0.4 is 5.32 Å². The molecule has 0 aromatic heterocycles. The summed E-state index contributed by atoms with van der Waals surface area (Å²) < 4.78 is 64.3. The Morgan fingerprint density at radius 3 is 2.22 bits per heavy atom. The smallest absolute Gasteiger partial charge is 0.322 e. The summed E-state index contributed by atoms with van der Waals surface area (Å²) in [6.07, 6.45) is -2.86.